The molecule has 0 aliphatic heterocycles. The van der Waals surface area contributed by atoms with Gasteiger partial charge in [-0.25, -0.2) is 0 Å². The lowest BCUT2D eigenvalue weighted by Crippen LogP contribution is -2.29. The van der Waals surface area contributed by atoms with Crippen LogP contribution in [0.3, 0.4) is 0 Å². The van der Waals surface area contributed by atoms with Crippen molar-refractivity contribution in [3.8, 4) is 44.9 Å². The van der Waals surface area contributed by atoms with Crippen LogP contribution in [0, 0.1) is 13.8 Å². The van der Waals surface area contributed by atoms with E-state index < -0.39 is 48.2 Å². The fraction of sp³-hybridized carbons (Fsp3) is 0.467. The van der Waals surface area contributed by atoms with Gasteiger partial charge in [0.15, 0.2) is 0 Å². The summed E-state index contributed by atoms with van der Waals surface area (Å²) in [5, 5.41) is 0. The second-order valence-corrected chi connectivity index (χ2v) is 18.7. The van der Waals surface area contributed by atoms with Gasteiger partial charge in [-0.2, -0.15) is 43.2 Å². The second kappa shape index (κ2) is 18.7. The molecule has 59 heavy (non-hydrogen) atoms. The predicted octanol–water partition coefficient (Wildman–Crippen LogP) is 13.9. The zero-order valence-corrected chi connectivity index (χ0v) is 35.5. The van der Waals surface area contributed by atoms with Crippen LogP contribution in [0.25, 0.3) is 33.4 Å². The molecule has 0 saturated carbocycles. The molecule has 0 atom stereocenters. The average Bonchev–Trinajstić information content (AvgIpc) is 3.41. The van der Waals surface area contributed by atoms with Gasteiger partial charge in [0.2, 0.25) is 0 Å². The molecular formula is C45H52F6O6S2. The van der Waals surface area contributed by atoms with E-state index in [0.29, 0.717) is 6.07 Å². The first-order chi connectivity index (χ1) is 27.7. The number of unbranched alkanes of at least 4 members (excludes halogenated alkanes) is 10. The third kappa shape index (κ3) is 10.8. The topological polar surface area (TPSA) is 86.7 Å². The van der Waals surface area contributed by atoms with Crippen molar-refractivity contribution in [1.82, 2.24) is 0 Å². The van der Waals surface area contributed by atoms with Crippen LogP contribution in [0.4, 0.5) is 26.3 Å². The van der Waals surface area contributed by atoms with E-state index in [1.54, 1.807) is 6.07 Å². The molecule has 0 fully saturated rings. The molecule has 6 nitrogen and oxygen atoms in total. The Morgan fingerprint density at radius 1 is 0.475 bits per heavy atom. The van der Waals surface area contributed by atoms with E-state index in [0.717, 1.165) is 147 Å². The van der Waals surface area contributed by atoms with Gasteiger partial charge in [-0.15, -0.1) is 0 Å². The van der Waals surface area contributed by atoms with E-state index in [9.17, 15) is 43.2 Å². The summed E-state index contributed by atoms with van der Waals surface area (Å²) in [6.45, 7) is 8.43. The molecule has 0 heterocycles. The first-order valence-electron chi connectivity index (χ1n) is 20.3. The zero-order chi connectivity index (χ0) is 43.2. The number of aryl methyl sites for hydroxylation is 2. The normalized spacial score (nSPS) is 13.9. The summed E-state index contributed by atoms with van der Waals surface area (Å²) in [7, 11) is -12.6. The highest BCUT2D eigenvalue weighted by Gasteiger charge is 2.50. The highest BCUT2D eigenvalue weighted by atomic mass is 32.2. The van der Waals surface area contributed by atoms with Crippen molar-refractivity contribution < 1.29 is 51.5 Å². The van der Waals surface area contributed by atoms with E-state index in [1.165, 1.54) is 0 Å². The lowest BCUT2D eigenvalue weighted by atomic mass is 9.70. The van der Waals surface area contributed by atoms with Gasteiger partial charge in [-0.1, -0.05) is 144 Å². The summed E-state index contributed by atoms with van der Waals surface area (Å²) < 4.78 is 137. The summed E-state index contributed by atoms with van der Waals surface area (Å²) in [5.41, 5.74) is -3.77. The fourth-order valence-electron chi connectivity index (χ4n) is 8.26. The summed E-state index contributed by atoms with van der Waals surface area (Å²) in [6, 6.07) is 20.3. The molecule has 14 heteroatoms. The number of benzene rings is 4. The van der Waals surface area contributed by atoms with Crippen molar-refractivity contribution >= 4 is 20.2 Å². The first-order valence-corrected chi connectivity index (χ1v) is 23.1. The van der Waals surface area contributed by atoms with E-state index >= 15 is 0 Å². The number of alkyl halides is 6. The minimum absolute atomic E-state index is 0.116. The molecule has 5 rings (SSSR count). The Labute approximate surface area is 344 Å². The summed E-state index contributed by atoms with van der Waals surface area (Å²) in [4.78, 5) is 0. The van der Waals surface area contributed by atoms with Crippen molar-refractivity contribution in [1.29, 1.82) is 0 Å². The molecule has 0 bridgehead atoms. The van der Waals surface area contributed by atoms with Gasteiger partial charge in [0.25, 0.3) is 0 Å². The molecule has 0 spiro atoms. The van der Waals surface area contributed by atoms with Crippen molar-refractivity contribution in [2.24, 2.45) is 0 Å². The predicted molar refractivity (Wildman–Crippen MR) is 220 cm³/mol. The summed E-state index contributed by atoms with van der Waals surface area (Å²) >= 11 is 0. The molecule has 0 N–H and O–H groups in total. The Bertz CT molecular complexity index is 2220. The Kier molecular flexibility index (Phi) is 14.6. The average molecular weight is 867 g/mol. The largest absolute Gasteiger partial charge is 0.534 e. The SMILES string of the molecule is CCCCCCCCC1(CCCCCCCC)c2cc(-c3cc(C)cc(C)c3)ccc2-c2ccc(-c3cc(OS(=O)(=O)C(F)(F)F)cc(OS(=O)(=O)C(F)(F)F)c3)cc21. The fourth-order valence-corrected chi connectivity index (χ4v) is 9.14. The number of hydrogen-bond donors (Lipinski definition) is 0. The molecule has 1 aliphatic carbocycles. The quantitative estimate of drug-likeness (QED) is 0.0381. The molecule has 0 unspecified atom stereocenters. The van der Waals surface area contributed by atoms with E-state index in [-0.39, 0.29) is 11.1 Å². The molecule has 1 aliphatic rings. The smallest absolute Gasteiger partial charge is 0.376 e. The van der Waals surface area contributed by atoms with Crippen LogP contribution < -0.4 is 8.37 Å². The Morgan fingerprint density at radius 2 is 0.847 bits per heavy atom. The van der Waals surface area contributed by atoms with Gasteiger partial charge in [-0.05, 0) is 95.5 Å². The van der Waals surface area contributed by atoms with Crippen LogP contribution in [0.15, 0.2) is 72.8 Å². The molecule has 4 aromatic rings. The molecule has 0 aromatic heterocycles. The first kappa shape index (κ1) is 46.0. The number of hydrogen-bond acceptors (Lipinski definition) is 6. The van der Waals surface area contributed by atoms with E-state index in [2.05, 4.69) is 72.5 Å². The zero-order valence-electron chi connectivity index (χ0n) is 33.9. The van der Waals surface area contributed by atoms with Crippen molar-refractivity contribution in [2.75, 3.05) is 0 Å². The van der Waals surface area contributed by atoms with Crippen LogP contribution >= 0.6 is 0 Å². The van der Waals surface area contributed by atoms with Crippen LogP contribution in [-0.2, 0) is 25.7 Å². The van der Waals surface area contributed by atoms with E-state index in [4.69, 9.17) is 0 Å². The third-order valence-corrected chi connectivity index (χ3v) is 13.0. The molecule has 4 aromatic carbocycles. The van der Waals surface area contributed by atoms with Gasteiger partial charge in [0.05, 0.1) is 0 Å². The van der Waals surface area contributed by atoms with E-state index in [1.807, 2.05) is 12.1 Å². The molecular weight excluding hydrogens is 815 g/mol. The maximum absolute atomic E-state index is 13.4. The van der Waals surface area contributed by atoms with Crippen molar-refractivity contribution in [3.05, 3.63) is 95.1 Å². The van der Waals surface area contributed by atoms with Gasteiger partial charge >= 0.3 is 31.3 Å². The molecule has 0 amide bonds. The lowest BCUT2D eigenvalue weighted by molar-refractivity contribution is -0.0502. The highest BCUT2D eigenvalue weighted by Crippen LogP contribution is 2.56. The Hall–Kier alpha value is -4.04. The monoisotopic (exact) mass is 866 g/mol. The van der Waals surface area contributed by atoms with Gasteiger partial charge in [0, 0.05) is 11.5 Å². The van der Waals surface area contributed by atoms with Crippen molar-refractivity contribution in [3.63, 3.8) is 0 Å². The molecule has 0 saturated heterocycles. The van der Waals surface area contributed by atoms with Crippen LogP contribution in [-0.4, -0.2) is 27.9 Å². The maximum Gasteiger partial charge on any atom is 0.534 e. The standard InChI is InChI=1S/C45H52F6O6S2/c1-5-7-9-11-13-15-21-43(22-16-14-12-10-8-6-2)41-28-33(35-24-31(3)23-32(4)25-35)17-19-39(41)40-20-18-34(29-42(40)43)36-26-37(56-58(52,53)44(46,47)48)30-38(27-36)57-59(54,55)45(49,50)51/h17-20,23-30H,5-16,21-22H2,1-4H3. The molecule has 0 radical (unpaired) electrons. The number of rotatable bonds is 20. The van der Waals surface area contributed by atoms with Crippen molar-refractivity contribution in [2.45, 2.75) is 134 Å². The Balaban J connectivity index is 1.69. The highest BCUT2D eigenvalue weighted by molar-refractivity contribution is 7.88. The van der Waals surface area contributed by atoms with Gasteiger partial charge < -0.3 is 8.37 Å². The van der Waals surface area contributed by atoms with Crippen LogP contribution in [0.2, 0.25) is 0 Å². The maximum atomic E-state index is 13.4. The van der Waals surface area contributed by atoms with Gasteiger partial charge in [0.1, 0.15) is 11.5 Å². The van der Waals surface area contributed by atoms with Crippen LogP contribution in [0.1, 0.15) is 126 Å². The lowest BCUT2D eigenvalue weighted by Gasteiger charge is -2.33. The number of fused-ring (bicyclic) bond motifs is 3. The van der Waals surface area contributed by atoms with Crippen LogP contribution in [0.5, 0.6) is 11.5 Å². The third-order valence-electron chi connectivity index (χ3n) is 11.0. The van der Waals surface area contributed by atoms with Gasteiger partial charge in [-0.3, -0.25) is 0 Å². The number of halogens is 6. The Morgan fingerprint density at radius 3 is 1.24 bits per heavy atom. The second-order valence-electron chi connectivity index (χ2n) is 15.7. The summed E-state index contributed by atoms with van der Waals surface area (Å²) in [6.07, 6.45) is 14.2. The minimum Gasteiger partial charge on any atom is -0.376 e. The minimum atomic E-state index is -6.30. The molecule has 322 valence electrons. The summed E-state index contributed by atoms with van der Waals surface area (Å²) in [5.74, 6) is -2.17.